The summed E-state index contributed by atoms with van der Waals surface area (Å²) in [5, 5.41) is 0.453. The first-order valence-corrected chi connectivity index (χ1v) is 11.4. The monoisotopic (exact) mass is 554 g/mol. The number of esters is 1. The molecule has 0 saturated carbocycles. The van der Waals surface area contributed by atoms with Crippen molar-refractivity contribution in [2.75, 3.05) is 6.61 Å². The summed E-state index contributed by atoms with van der Waals surface area (Å²) in [5.74, 6) is 0.0545. The number of fused-ring (bicyclic) bond motifs is 1. The molecule has 0 N–H and O–H groups in total. The van der Waals surface area contributed by atoms with Crippen LogP contribution in [0.2, 0.25) is 5.02 Å². The number of allylic oxidation sites excluding steroid dienone is 1. The van der Waals surface area contributed by atoms with E-state index < -0.39 is 12.0 Å². The van der Waals surface area contributed by atoms with Crippen molar-refractivity contribution in [3.05, 3.63) is 87.5 Å². The van der Waals surface area contributed by atoms with E-state index in [1.165, 1.54) is 15.9 Å². The van der Waals surface area contributed by atoms with E-state index in [2.05, 4.69) is 27.6 Å². The molecule has 1 atom stereocenters. The van der Waals surface area contributed by atoms with E-state index in [-0.39, 0.29) is 12.2 Å². The van der Waals surface area contributed by atoms with Crippen LogP contribution in [0.25, 0.3) is 6.08 Å². The van der Waals surface area contributed by atoms with Gasteiger partial charge in [0.15, 0.2) is 8.57 Å². The van der Waals surface area contributed by atoms with Crippen molar-refractivity contribution in [3.8, 4) is 0 Å². The normalized spacial score (nSPS) is 16.4. The number of thiazole rings is 1. The lowest BCUT2D eigenvalue weighted by atomic mass is 9.96. The predicted octanol–water partition coefficient (Wildman–Crippen LogP) is 3.65. The summed E-state index contributed by atoms with van der Waals surface area (Å²) in [4.78, 5) is 31.2. The second-order valence-corrected chi connectivity index (χ2v) is 8.95. The van der Waals surface area contributed by atoms with Crippen molar-refractivity contribution in [2.45, 2.75) is 19.9 Å². The molecule has 1 aromatic carbocycles. The average Bonchev–Trinajstić information content (AvgIpc) is 3.24. The van der Waals surface area contributed by atoms with Crippen molar-refractivity contribution >= 4 is 57.6 Å². The molecule has 6 nitrogen and oxygen atoms in total. The van der Waals surface area contributed by atoms with Gasteiger partial charge in [-0.3, -0.25) is 9.36 Å². The fraction of sp³-hybridized carbons (Fsp3) is 0.190. The number of rotatable bonds is 4. The predicted molar refractivity (Wildman–Crippen MR) is 123 cm³/mol. The van der Waals surface area contributed by atoms with Crippen LogP contribution in [0.4, 0.5) is 0 Å². The van der Waals surface area contributed by atoms with Crippen LogP contribution >= 0.6 is 45.5 Å². The average molecular weight is 555 g/mol. The number of carbonyl (C=O) groups excluding carboxylic acids is 1. The van der Waals surface area contributed by atoms with E-state index in [0.717, 1.165) is 3.77 Å². The summed E-state index contributed by atoms with van der Waals surface area (Å²) in [5.41, 5.74) is 1.16. The van der Waals surface area contributed by atoms with Gasteiger partial charge in [-0.1, -0.05) is 41.1 Å². The van der Waals surface area contributed by atoms with Gasteiger partial charge < -0.3 is 9.15 Å². The van der Waals surface area contributed by atoms with E-state index in [9.17, 15) is 9.59 Å². The van der Waals surface area contributed by atoms with Gasteiger partial charge in [0.1, 0.15) is 11.8 Å². The highest BCUT2D eigenvalue weighted by Gasteiger charge is 2.34. The van der Waals surface area contributed by atoms with Crippen LogP contribution in [0, 0.1) is 3.77 Å². The largest absolute Gasteiger partial charge is 0.463 e. The maximum atomic E-state index is 13.4. The topological polar surface area (TPSA) is 73.8 Å². The van der Waals surface area contributed by atoms with E-state index in [1.807, 2.05) is 12.1 Å². The van der Waals surface area contributed by atoms with Crippen LogP contribution in [0.5, 0.6) is 0 Å². The molecule has 30 heavy (non-hydrogen) atoms. The van der Waals surface area contributed by atoms with Gasteiger partial charge in [0.25, 0.3) is 5.56 Å². The standard InChI is InChI=1S/C21H16ClIN2O4S/c1-3-28-20(27)17-11(2)24-21-25(18(17)13-6-4-5-7-14(13)22)19(26)15(30-21)10-12-8-9-16(23)29-12/h4-10,18H,3H2,1-2H3/b15-10-/t18-/m1/s1. The Morgan fingerprint density at radius 3 is 2.80 bits per heavy atom. The zero-order valence-electron chi connectivity index (χ0n) is 16.0. The van der Waals surface area contributed by atoms with Crippen molar-refractivity contribution in [3.63, 3.8) is 0 Å². The van der Waals surface area contributed by atoms with Gasteiger partial charge in [0, 0.05) is 11.1 Å². The molecule has 0 bridgehead atoms. The third kappa shape index (κ3) is 3.79. The van der Waals surface area contributed by atoms with Gasteiger partial charge in [0.05, 0.1) is 22.4 Å². The van der Waals surface area contributed by atoms with Gasteiger partial charge in [-0.15, -0.1) is 0 Å². The zero-order valence-corrected chi connectivity index (χ0v) is 19.7. The Kier molecular flexibility index (Phi) is 5.99. The summed E-state index contributed by atoms with van der Waals surface area (Å²) in [6, 6.07) is 10.0. The molecule has 0 saturated heterocycles. The second kappa shape index (κ2) is 8.52. The van der Waals surface area contributed by atoms with Crippen LogP contribution in [0.3, 0.4) is 0 Å². The number of benzene rings is 1. The number of aromatic nitrogens is 1. The summed E-state index contributed by atoms with van der Waals surface area (Å²) >= 11 is 9.77. The fourth-order valence-corrected chi connectivity index (χ4v) is 5.02. The maximum Gasteiger partial charge on any atom is 0.338 e. The van der Waals surface area contributed by atoms with Gasteiger partial charge in [0.2, 0.25) is 0 Å². The van der Waals surface area contributed by atoms with Crippen molar-refractivity contribution in [2.24, 2.45) is 4.99 Å². The highest BCUT2D eigenvalue weighted by atomic mass is 127. The van der Waals surface area contributed by atoms with Crippen molar-refractivity contribution in [1.29, 1.82) is 0 Å². The third-order valence-electron chi connectivity index (χ3n) is 4.58. The summed E-state index contributed by atoms with van der Waals surface area (Å²) in [6.07, 6.45) is 1.68. The molecule has 0 radical (unpaired) electrons. The second-order valence-electron chi connectivity index (χ2n) is 6.47. The molecule has 0 spiro atoms. The Morgan fingerprint density at radius 2 is 2.13 bits per heavy atom. The molecular weight excluding hydrogens is 539 g/mol. The lowest BCUT2D eigenvalue weighted by Crippen LogP contribution is -2.40. The number of hydrogen-bond donors (Lipinski definition) is 0. The molecule has 3 heterocycles. The van der Waals surface area contributed by atoms with Crippen LogP contribution in [0.15, 0.2) is 61.9 Å². The molecule has 154 valence electrons. The molecule has 0 aliphatic carbocycles. The number of furan rings is 1. The summed E-state index contributed by atoms with van der Waals surface area (Å²) in [6.45, 7) is 3.69. The summed E-state index contributed by atoms with van der Waals surface area (Å²) in [7, 11) is 0. The molecule has 1 aliphatic heterocycles. The van der Waals surface area contributed by atoms with Crippen molar-refractivity contribution < 1.29 is 13.9 Å². The minimum absolute atomic E-state index is 0.215. The van der Waals surface area contributed by atoms with Crippen LogP contribution < -0.4 is 14.9 Å². The highest BCUT2D eigenvalue weighted by Crippen LogP contribution is 2.34. The number of hydrogen-bond acceptors (Lipinski definition) is 6. The van der Waals surface area contributed by atoms with Crippen LogP contribution in [-0.4, -0.2) is 17.1 Å². The first-order valence-electron chi connectivity index (χ1n) is 9.10. The molecule has 0 fully saturated rings. The maximum absolute atomic E-state index is 13.4. The molecular formula is C21H16ClIN2O4S. The van der Waals surface area contributed by atoms with Gasteiger partial charge in [-0.2, -0.15) is 0 Å². The van der Waals surface area contributed by atoms with Crippen molar-refractivity contribution in [1.82, 2.24) is 4.57 Å². The Morgan fingerprint density at radius 1 is 1.37 bits per heavy atom. The third-order valence-corrected chi connectivity index (χ3v) is 6.49. The lowest BCUT2D eigenvalue weighted by Gasteiger charge is -2.25. The number of ether oxygens (including phenoxy) is 1. The first-order chi connectivity index (χ1) is 14.4. The molecule has 0 amide bonds. The Balaban J connectivity index is 1.99. The smallest absolute Gasteiger partial charge is 0.338 e. The lowest BCUT2D eigenvalue weighted by molar-refractivity contribution is -0.139. The minimum Gasteiger partial charge on any atom is -0.463 e. The first kappa shape index (κ1) is 21.1. The fourth-order valence-electron chi connectivity index (χ4n) is 3.32. The Labute approximate surface area is 194 Å². The Hall–Kier alpha value is -2.17. The van der Waals surface area contributed by atoms with E-state index in [4.69, 9.17) is 20.8 Å². The molecule has 9 heteroatoms. The van der Waals surface area contributed by atoms with Gasteiger partial charge >= 0.3 is 5.97 Å². The van der Waals surface area contributed by atoms with Gasteiger partial charge in [-0.25, -0.2) is 9.79 Å². The number of nitrogens with zero attached hydrogens (tertiary/aromatic N) is 2. The summed E-state index contributed by atoms with van der Waals surface area (Å²) < 4.78 is 13.5. The molecule has 4 rings (SSSR count). The van der Waals surface area contributed by atoms with Gasteiger partial charge in [-0.05, 0) is 60.2 Å². The number of carbonyl (C=O) groups is 1. The Bertz CT molecular complexity index is 1350. The zero-order chi connectivity index (χ0) is 21.4. The number of halogens is 2. The van der Waals surface area contributed by atoms with E-state index in [1.54, 1.807) is 44.2 Å². The molecule has 1 aliphatic rings. The molecule has 3 aromatic rings. The minimum atomic E-state index is -0.729. The SMILES string of the molecule is CCOC(=O)C1=C(C)N=c2s/c(=C\c3ccc(I)o3)c(=O)n2[C@@H]1c1ccccc1Cl. The van der Waals surface area contributed by atoms with E-state index >= 15 is 0 Å². The highest BCUT2D eigenvalue weighted by molar-refractivity contribution is 14.1. The molecule has 0 unspecified atom stereocenters. The van der Waals surface area contributed by atoms with E-state index in [0.29, 0.717) is 37.0 Å². The molecule has 2 aromatic heterocycles. The van der Waals surface area contributed by atoms with Crippen LogP contribution in [-0.2, 0) is 9.53 Å². The van der Waals surface area contributed by atoms with Crippen LogP contribution in [0.1, 0.15) is 31.2 Å². The quantitative estimate of drug-likeness (QED) is 0.365.